The highest BCUT2D eigenvalue weighted by Gasteiger charge is 2.31. The molecule has 0 N–H and O–H groups in total. The number of carbonyl (C=O) groups is 4. The van der Waals surface area contributed by atoms with E-state index >= 15 is 0 Å². The Morgan fingerprint density at radius 2 is 1.37 bits per heavy atom. The molecule has 2 atom stereocenters. The van der Waals surface area contributed by atoms with Crippen LogP contribution in [0.25, 0.3) is 6.08 Å². The summed E-state index contributed by atoms with van der Waals surface area (Å²) >= 11 is 0. The quantitative estimate of drug-likeness (QED) is 0.153. The Morgan fingerprint density at radius 3 is 1.98 bits per heavy atom. The zero-order valence-electron chi connectivity index (χ0n) is 24.4. The number of benzene rings is 3. The molecule has 0 fully saturated rings. The zero-order chi connectivity index (χ0) is 31.4. The van der Waals surface area contributed by atoms with Crippen molar-refractivity contribution in [1.82, 2.24) is 0 Å². The maximum Gasteiger partial charge on any atom is 0.331 e. The molecule has 226 valence electrons. The van der Waals surface area contributed by atoms with Gasteiger partial charge in [0.25, 0.3) is 0 Å². The summed E-state index contributed by atoms with van der Waals surface area (Å²) in [6, 6.07) is 17.9. The number of hydrogen-bond donors (Lipinski definition) is 0. The first kappa shape index (κ1) is 32.2. The fourth-order valence-corrected chi connectivity index (χ4v) is 3.86. The van der Waals surface area contributed by atoms with Crippen LogP contribution in [0, 0.1) is 0 Å². The molecular weight excluding hydrogens is 560 g/mol. The Hall–Kier alpha value is -5.32. The Labute approximate surface area is 248 Å². The molecule has 0 saturated heterocycles. The average molecular weight is 593 g/mol. The second-order valence-electron chi connectivity index (χ2n) is 8.97. The molecule has 0 spiro atoms. The second kappa shape index (κ2) is 15.6. The first-order chi connectivity index (χ1) is 20.6. The standard InChI is InChI=1S/C32H32O11/c1-20(33)39-19-30(42-27-9-7-6-8-26(27)37-4)32(24-13-16-28(41-22(3)35)29(18-24)38-5)43-31(36)17-12-23-10-14-25(15-11-23)40-21(2)34/h6-18,30,32H,19H2,1-5H3/b17-12+/t30-,32-/m1/s1. The molecule has 0 heterocycles. The number of methoxy groups -OCH3 is 2. The average Bonchev–Trinajstić information content (AvgIpc) is 2.97. The van der Waals surface area contributed by atoms with Crippen molar-refractivity contribution in [3.05, 3.63) is 83.9 Å². The third-order valence-electron chi connectivity index (χ3n) is 5.70. The molecule has 0 unspecified atom stereocenters. The molecule has 11 nitrogen and oxygen atoms in total. The van der Waals surface area contributed by atoms with E-state index in [-0.39, 0.29) is 18.1 Å². The first-order valence-corrected chi connectivity index (χ1v) is 13.1. The fourth-order valence-electron chi connectivity index (χ4n) is 3.86. The molecule has 0 aromatic heterocycles. The number of carbonyl (C=O) groups excluding carboxylic acids is 4. The van der Waals surface area contributed by atoms with Crippen LogP contribution in [0.2, 0.25) is 0 Å². The van der Waals surface area contributed by atoms with Crippen LogP contribution in [-0.2, 0) is 28.7 Å². The van der Waals surface area contributed by atoms with Crippen molar-refractivity contribution in [2.75, 3.05) is 20.8 Å². The van der Waals surface area contributed by atoms with E-state index in [0.717, 1.165) is 0 Å². The van der Waals surface area contributed by atoms with E-state index < -0.39 is 36.1 Å². The van der Waals surface area contributed by atoms with Gasteiger partial charge in [0.1, 0.15) is 12.4 Å². The van der Waals surface area contributed by atoms with Crippen molar-refractivity contribution >= 4 is 30.0 Å². The number of ether oxygens (including phenoxy) is 7. The monoisotopic (exact) mass is 592 g/mol. The summed E-state index contributed by atoms with van der Waals surface area (Å²) in [5, 5.41) is 0. The van der Waals surface area contributed by atoms with Crippen LogP contribution in [0.4, 0.5) is 0 Å². The molecule has 0 aliphatic carbocycles. The van der Waals surface area contributed by atoms with Crippen LogP contribution in [0.5, 0.6) is 28.7 Å². The molecule has 0 saturated carbocycles. The van der Waals surface area contributed by atoms with Gasteiger partial charge in [-0.25, -0.2) is 4.79 Å². The van der Waals surface area contributed by atoms with Gasteiger partial charge in [-0.3, -0.25) is 14.4 Å². The highest BCUT2D eigenvalue weighted by atomic mass is 16.6. The van der Waals surface area contributed by atoms with Crippen molar-refractivity contribution in [2.24, 2.45) is 0 Å². The van der Waals surface area contributed by atoms with Crippen LogP contribution in [0.15, 0.2) is 72.8 Å². The van der Waals surface area contributed by atoms with E-state index in [1.165, 1.54) is 59.3 Å². The minimum atomic E-state index is -1.15. The van der Waals surface area contributed by atoms with E-state index in [2.05, 4.69) is 0 Å². The first-order valence-electron chi connectivity index (χ1n) is 13.1. The van der Waals surface area contributed by atoms with E-state index in [1.807, 2.05) is 0 Å². The summed E-state index contributed by atoms with van der Waals surface area (Å²) in [6.07, 6.45) is 0.534. The molecule has 0 aliphatic heterocycles. The highest BCUT2D eigenvalue weighted by molar-refractivity contribution is 5.87. The second-order valence-corrected chi connectivity index (χ2v) is 8.97. The van der Waals surface area contributed by atoms with Gasteiger partial charge in [0.05, 0.1) is 14.2 Å². The fraction of sp³-hybridized carbons (Fsp3) is 0.250. The molecule has 0 radical (unpaired) electrons. The van der Waals surface area contributed by atoms with Crippen LogP contribution < -0.4 is 23.7 Å². The highest BCUT2D eigenvalue weighted by Crippen LogP contribution is 2.36. The Morgan fingerprint density at radius 1 is 0.721 bits per heavy atom. The van der Waals surface area contributed by atoms with E-state index in [0.29, 0.717) is 28.4 Å². The number of esters is 4. The minimum Gasteiger partial charge on any atom is -0.493 e. The van der Waals surface area contributed by atoms with Gasteiger partial charge in [0, 0.05) is 32.4 Å². The van der Waals surface area contributed by atoms with Gasteiger partial charge in [-0.05, 0) is 48.0 Å². The minimum absolute atomic E-state index is 0.156. The summed E-state index contributed by atoms with van der Waals surface area (Å²) in [4.78, 5) is 47.6. The Kier molecular flexibility index (Phi) is 11.7. The SMILES string of the molecule is COc1cc([C@@H](OC(=O)/C=C/c2ccc(OC(C)=O)cc2)[C@@H](COC(C)=O)Oc2ccccc2OC)ccc1OC(C)=O. The van der Waals surface area contributed by atoms with Crippen molar-refractivity contribution in [3.63, 3.8) is 0 Å². The van der Waals surface area contributed by atoms with Crippen LogP contribution in [-0.4, -0.2) is 50.8 Å². The molecule has 3 aromatic carbocycles. The predicted molar refractivity (Wildman–Crippen MR) is 154 cm³/mol. The van der Waals surface area contributed by atoms with Gasteiger partial charge in [0.15, 0.2) is 35.2 Å². The summed E-state index contributed by atoms with van der Waals surface area (Å²) < 4.78 is 38.4. The van der Waals surface area contributed by atoms with Gasteiger partial charge in [-0.2, -0.15) is 0 Å². The lowest BCUT2D eigenvalue weighted by molar-refractivity contribution is -0.154. The van der Waals surface area contributed by atoms with Gasteiger partial charge in [0.2, 0.25) is 0 Å². The lowest BCUT2D eigenvalue weighted by Gasteiger charge is -2.28. The molecule has 3 rings (SSSR count). The number of hydrogen-bond acceptors (Lipinski definition) is 11. The molecule has 0 aliphatic rings. The van der Waals surface area contributed by atoms with Gasteiger partial charge < -0.3 is 33.2 Å². The van der Waals surface area contributed by atoms with E-state index in [9.17, 15) is 19.2 Å². The summed E-state index contributed by atoms with van der Waals surface area (Å²) in [5.74, 6) is -0.882. The molecule has 3 aromatic rings. The van der Waals surface area contributed by atoms with Crippen LogP contribution in [0.1, 0.15) is 38.0 Å². The zero-order valence-corrected chi connectivity index (χ0v) is 24.4. The molecule has 0 amide bonds. The van der Waals surface area contributed by atoms with Gasteiger partial charge in [-0.15, -0.1) is 0 Å². The molecular formula is C32H32O11. The Balaban J connectivity index is 1.98. The maximum absolute atomic E-state index is 13.1. The van der Waals surface area contributed by atoms with Crippen molar-refractivity contribution in [3.8, 4) is 28.7 Å². The van der Waals surface area contributed by atoms with E-state index in [4.69, 9.17) is 33.2 Å². The largest absolute Gasteiger partial charge is 0.493 e. The topological polar surface area (TPSA) is 133 Å². The maximum atomic E-state index is 13.1. The Bertz CT molecular complexity index is 1460. The van der Waals surface area contributed by atoms with Crippen LogP contribution >= 0.6 is 0 Å². The van der Waals surface area contributed by atoms with Gasteiger partial charge >= 0.3 is 23.9 Å². The van der Waals surface area contributed by atoms with Crippen molar-refractivity contribution in [1.29, 1.82) is 0 Å². The summed E-state index contributed by atoms with van der Waals surface area (Å²) in [6.45, 7) is 3.50. The molecule has 11 heteroatoms. The lowest BCUT2D eigenvalue weighted by Crippen LogP contribution is -2.34. The summed E-state index contributed by atoms with van der Waals surface area (Å²) in [5.41, 5.74) is 1.03. The van der Waals surface area contributed by atoms with Gasteiger partial charge in [-0.1, -0.05) is 30.3 Å². The lowest BCUT2D eigenvalue weighted by atomic mass is 10.0. The van der Waals surface area contributed by atoms with Crippen molar-refractivity contribution < 1.29 is 52.3 Å². The number of rotatable bonds is 13. The molecule has 0 bridgehead atoms. The smallest absolute Gasteiger partial charge is 0.331 e. The predicted octanol–water partition coefficient (Wildman–Crippen LogP) is 4.86. The van der Waals surface area contributed by atoms with E-state index in [1.54, 1.807) is 54.6 Å². The third-order valence-corrected chi connectivity index (χ3v) is 5.70. The normalized spacial score (nSPS) is 12.0. The summed E-state index contributed by atoms with van der Waals surface area (Å²) in [7, 11) is 2.87. The third kappa shape index (κ3) is 9.92. The van der Waals surface area contributed by atoms with Crippen molar-refractivity contribution in [2.45, 2.75) is 33.0 Å². The number of para-hydroxylation sites is 2. The van der Waals surface area contributed by atoms with Crippen LogP contribution in [0.3, 0.4) is 0 Å². The molecule has 43 heavy (non-hydrogen) atoms.